The van der Waals surface area contributed by atoms with Crippen LogP contribution in [0, 0.1) is 0 Å². The van der Waals surface area contributed by atoms with Crippen molar-refractivity contribution in [2.45, 2.75) is 0 Å². The fraction of sp³-hybridized carbons (Fsp3) is 0. The maximum atomic E-state index is 12.0. The molecule has 0 aliphatic heterocycles. The highest BCUT2D eigenvalue weighted by atomic mass is 16.5. The lowest BCUT2D eigenvalue weighted by molar-refractivity contribution is 0.179. The van der Waals surface area contributed by atoms with Gasteiger partial charge in [-0.05, 0) is 42.0 Å². The molecule has 22 heavy (non-hydrogen) atoms. The lowest BCUT2D eigenvalue weighted by Gasteiger charge is -2.06. The van der Waals surface area contributed by atoms with E-state index in [0.717, 1.165) is 5.56 Å². The van der Waals surface area contributed by atoms with Crippen LogP contribution in [0.4, 0.5) is 5.95 Å². The fourth-order valence-electron chi connectivity index (χ4n) is 1.92. The summed E-state index contributed by atoms with van der Waals surface area (Å²) in [7, 11) is 0. The lowest BCUT2D eigenvalue weighted by Crippen LogP contribution is -2.22. The highest BCUT2D eigenvalue weighted by Gasteiger charge is 2.08. The smallest absolute Gasteiger partial charge is 0.295 e. The van der Waals surface area contributed by atoms with Crippen molar-refractivity contribution in [3.8, 4) is 5.75 Å². The van der Waals surface area contributed by atoms with E-state index in [1.807, 2.05) is 0 Å². The molecule has 0 radical (unpaired) electrons. The van der Waals surface area contributed by atoms with Crippen LogP contribution in [-0.4, -0.2) is 26.2 Å². The summed E-state index contributed by atoms with van der Waals surface area (Å²) in [5.41, 5.74) is 3.13. The molecule has 3 aromatic rings. The summed E-state index contributed by atoms with van der Waals surface area (Å²) in [4.78, 5) is 16.1. The minimum absolute atomic E-state index is 0.0845. The molecule has 0 amide bonds. The second-order valence-electron chi connectivity index (χ2n) is 4.53. The Morgan fingerprint density at radius 3 is 2.64 bits per heavy atom. The zero-order valence-corrected chi connectivity index (χ0v) is 11.3. The van der Waals surface area contributed by atoms with Gasteiger partial charge in [0, 0.05) is 0 Å². The molecule has 3 rings (SSSR count). The van der Waals surface area contributed by atoms with Gasteiger partial charge in [0.15, 0.2) is 0 Å². The first-order chi connectivity index (χ1) is 10.6. The predicted molar refractivity (Wildman–Crippen MR) is 82.5 cm³/mol. The van der Waals surface area contributed by atoms with Crippen LogP contribution in [0.5, 0.6) is 5.75 Å². The monoisotopic (exact) mass is 296 g/mol. The van der Waals surface area contributed by atoms with Crippen molar-refractivity contribution in [3.05, 3.63) is 64.4 Å². The number of fused-ring (bicyclic) bond motifs is 1. The number of rotatable bonds is 3. The summed E-state index contributed by atoms with van der Waals surface area (Å²) in [6.45, 7) is 0. The molecule has 0 aliphatic rings. The van der Waals surface area contributed by atoms with Gasteiger partial charge in [-0.25, -0.2) is 10.4 Å². The van der Waals surface area contributed by atoms with Gasteiger partial charge in [-0.1, -0.05) is 12.1 Å². The number of benzene rings is 2. The Kier molecular flexibility index (Phi) is 3.45. The minimum Gasteiger partial charge on any atom is -0.508 e. The average Bonchev–Trinajstić information content (AvgIpc) is 2.54. The summed E-state index contributed by atoms with van der Waals surface area (Å²) in [6.07, 6.45) is 1.47. The van der Waals surface area contributed by atoms with Crippen LogP contribution in [0.2, 0.25) is 0 Å². The second kappa shape index (κ2) is 5.57. The molecule has 0 unspecified atom stereocenters. The zero-order chi connectivity index (χ0) is 15.5. The Hall–Kier alpha value is -3.35. The van der Waals surface area contributed by atoms with Crippen LogP contribution in [-0.2, 0) is 0 Å². The topological polar surface area (TPSA) is 99.7 Å². The number of phenolic OH excluding ortho intramolecular Hbond substituents is 1. The molecule has 7 heteroatoms. The number of nitrogens with one attached hydrogen (secondary N) is 1. The predicted octanol–water partition coefficient (Wildman–Crippen LogP) is 1.79. The van der Waals surface area contributed by atoms with E-state index in [9.17, 15) is 15.1 Å². The van der Waals surface area contributed by atoms with Gasteiger partial charge < -0.3 is 10.3 Å². The van der Waals surface area contributed by atoms with Crippen LogP contribution in [0.15, 0.2) is 58.4 Å². The summed E-state index contributed by atoms with van der Waals surface area (Å²) in [5, 5.41) is 23.2. The molecule has 0 bridgehead atoms. The Labute approximate surface area is 124 Å². The van der Waals surface area contributed by atoms with Gasteiger partial charge in [0.05, 0.1) is 17.1 Å². The number of hydrogen-bond acceptors (Lipinski definition) is 6. The maximum absolute atomic E-state index is 12.0. The van der Waals surface area contributed by atoms with Crippen LogP contribution in [0.3, 0.4) is 0 Å². The van der Waals surface area contributed by atoms with E-state index in [2.05, 4.69) is 15.5 Å². The van der Waals surface area contributed by atoms with Crippen molar-refractivity contribution in [3.63, 3.8) is 0 Å². The number of para-hydroxylation sites is 1. The Balaban J connectivity index is 1.89. The standard InChI is InChI=1S/C15H12N4O3/c20-11-7-5-10(6-8-11)9-16-18-15-17-13-4-2-1-3-12(13)14(21)19(15)22/h1-9,20,22H,(H,17,18)/b16-9-. The fourth-order valence-corrected chi connectivity index (χ4v) is 1.92. The summed E-state index contributed by atoms with van der Waals surface area (Å²) in [6, 6.07) is 13.1. The first kappa shape index (κ1) is 13.6. The number of aromatic hydroxyl groups is 1. The lowest BCUT2D eigenvalue weighted by atomic mass is 10.2. The quantitative estimate of drug-likeness (QED) is 0.389. The highest BCUT2D eigenvalue weighted by molar-refractivity contribution is 5.81. The molecule has 7 nitrogen and oxygen atoms in total. The van der Waals surface area contributed by atoms with Gasteiger partial charge in [0.25, 0.3) is 11.5 Å². The van der Waals surface area contributed by atoms with E-state index in [1.54, 1.807) is 36.4 Å². The van der Waals surface area contributed by atoms with Crippen molar-refractivity contribution in [2.24, 2.45) is 5.10 Å². The number of anilines is 1. The average molecular weight is 296 g/mol. The van der Waals surface area contributed by atoms with Crippen LogP contribution >= 0.6 is 0 Å². The molecule has 0 atom stereocenters. The summed E-state index contributed by atoms with van der Waals surface area (Å²) >= 11 is 0. The van der Waals surface area contributed by atoms with Crippen LogP contribution < -0.4 is 11.0 Å². The first-order valence-corrected chi connectivity index (χ1v) is 6.44. The normalized spacial score (nSPS) is 11.1. The van der Waals surface area contributed by atoms with Gasteiger partial charge in [0.1, 0.15) is 5.75 Å². The molecular weight excluding hydrogens is 284 g/mol. The third-order valence-corrected chi connectivity index (χ3v) is 3.03. The van der Waals surface area contributed by atoms with Gasteiger partial charge in [-0.2, -0.15) is 5.10 Å². The summed E-state index contributed by atoms with van der Waals surface area (Å²) in [5.74, 6) is 0.0734. The van der Waals surface area contributed by atoms with E-state index in [4.69, 9.17) is 0 Å². The van der Waals surface area contributed by atoms with Crippen LogP contribution in [0.1, 0.15) is 5.56 Å². The van der Waals surface area contributed by atoms with E-state index < -0.39 is 5.56 Å². The van der Waals surface area contributed by atoms with E-state index in [0.29, 0.717) is 15.6 Å². The van der Waals surface area contributed by atoms with Gasteiger partial charge in [-0.3, -0.25) is 4.79 Å². The van der Waals surface area contributed by atoms with Crippen molar-refractivity contribution >= 4 is 23.1 Å². The van der Waals surface area contributed by atoms with E-state index >= 15 is 0 Å². The molecular formula is C15H12N4O3. The number of phenols is 1. The van der Waals surface area contributed by atoms with E-state index in [1.165, 1.54) is 18.3 Å². The maximum Gasteiger partial charge on any atom is 0.295 e. The zero-order valence-electron chi connectivity index (χ0n) is 11.3. The Bertz CT molecular complexity index is 901. The number of aromatic nitrogens is 2. The van der Waals surface area contributed by atoms with Crippen molar-refractivity contribution in [1.82, 2.24) is 9.71 Å². The van der Waals surface area contributed by atoms with Gasteiger partial charge >= 0.3 is 0 Å². The molecule has 0 fully saturated rings. The number of hydrazone groups is 1. The number of nitrogens with zero attached hydrogens (tertiary/aromatic N) is 3. The molecule has 0 saturated heterocycles. The molecule has 3 N–H and O–H groups in total. The second-order valence-corrected chi connectivity index (χ2v) is 4.53. The minimum atomic E-state index is -0.576. The molecule has 0 aliphatic carbocycles. The number of hydrogen-bond donors (Lipinski definition) is 3. The molecule has 110 valence electrons. The molecule has 0 saturated carbocycles. The highest BCUT2D eigenvalue weighted by Crippen LogP contribution is 2.10. The molecule has 1 aromatic heterocycles. The van der Waals surface area contributed by atoms with E-state index in [-0.39, 0.29) is 11.7 Å². The SMILES string of the molecule is O=c1c2ccccc2nc(N/N=C\c2ccc(O)cc2)n1O. The molecule has 0 spiro atoms. The Morgan fingerprint density at radius 2 is 1.86 bits per heavy atom. The van der Waals surface area contributed by atoms with Gasteiger partial charge in [-0.15, -0.1) is 4.73 Å². The first-order valence-electron chi connectivity index (χ1n) is 6.44. The Morgan fingerprint density at radius 1 is 1.14 bits per heavy atom. The molecule has 2 aromatic carbocycles. The van der Waals surface area contributed by atoms with Crippen molar-refractivity contribution in [1.29, 1.82) is 0 Å². The molecule has 1 heterocycles. The van der Waals surface area contributed by atoms with Gasteiger partial charge in [0.2, 0.25) is 0 Å². The van der Waals surface area contributed by atoms with Crippen molar-refractivity contribution < 1.29 is 10.3 Å². The largest absolute Gasteiger partial charge is 0.508 e. The third kappa shape index (κ3) is 2.59. The van der Waals surface area contributed by atoms with Crippen LogP contribution in [0.25, 0.3) is 10.9 Å². The summed E-state index contributed by atoms with van der Waals surface area (Å²) < 4.78 is 0.413. The van der Waals surface area contributed by atoms with Crippen molar-refractivity contribution in [2.75, 3.05) is 5.43 Å². The third-order valence-electron chi connectivity index (χ3n) is 3.03.